The molecule has 2 rings (SSSR count). The van der Waals surface area contributed by atoms with E-state index in [-0.39, 0.29) is 5.75 Å². The Morgan fingerprint density at radius 3 is 2.00 bits per heavy atom. The van der Waals surface area contributed by atoms with Crippen LogP contribution >= 0.6 is 31.9 Å². The van der Waals surface area contributed by atoms with Crippen molar-refractivity contribution in [2.45, 2.75) is 38.6 Å². The van der Waals surface area contributed by atoms with Crippen molar-refractivity contribution in [2.75, 3.05) is 13.1 Å². The van der Waals surface area contributed by atoms with Gasteiger partial charge >= 0.3 is 0 Å². The number of nitrogens with zero attached hydrogens (tertiary/aromatic N) is 1. The molecule has 1 N–H and O–H groups in total. The Balaban J connectivity index is 2.03. The Morgan fingerprint density at radius 1 is 0.944 bits per heavy atom. The first-order valence-electron chi connectivity index (χ1n) is 6.56. The van der Waals surface area contributed by atoms with Crippen LogP contribution in [0.5, 0.6) is 5.75 Å². The third kappa shape index (κ3) is 3.97. The van der Waals surface area contributed by atoms with Gasteiger partial charge < -0.3 is 5.11 Å². The number of phenols is 1. The number of hydrogen-bond acceptors (Lipinski definition) is 2. The minimum Gasteiger partial charge on any atom is -0.506 e. The molecule has 1 aromatic carbocycles. The molecule has 0 bridgehead atoms. The van der Waals surface area contributed by atoms with Crippen LogP contribution in [0.15, 0.2) is 21.1 Å². The van der Waals surface area contributed by atoms with Crippen molar-refractivity contribution in [2.24, 2.45) is 0 Å². The van der Waals surface area contributed by atoms with E-state index in [0.29, 0.717) is 0 Å². The summed E-state index contributed by atoms with van der Waals surface area (Å²) in [6.07, 6.45) is 6.73. The van der Waals surface area contributed by atoms with Gasteiger partial charge in [0.25, 0.3) is 0 Å². The van der Waals surface area contributed by atoms with Crippen molar-refractivity contribution >= 4 is 31.9 Å². The predicted molar refractivity (Wildman–Crippen MR) is 81.9 cm³/mol. The summed E-state index contributed by atoms with van der Waals surface area (Å²) in [5.74, 6) is 0.284. The molecule has 0 amide bonds. The normalized spacial score (nSPS) is 18.3. The molecule has 100 valence electrons. The summed E-state index contributed by atoms with van der Waals surface area (Å²) >= 11 is 6.78. The van der Waals surface area contributed by atoms with Gasteiger partial charge in [-0.2, -0.15) is 0 Å². The molecule has 1 aliphatic heterocycles. The number of hydrogen-bond donors (Lipinski definition) is 1. The molecular formula is C14H19Br2NO. The Kier molecular flexibility index (Phi) is 5.52. The molecule has 0 aliphatic carbocycles. The van der Waals surface area contributed by atoms with Gasteiger partial charge in [0.15, 0.2) is 0 Å². The maximum atomic E-state index is 9.71. The summed E-state index contributed by atoms with van der Waals surface area (Å²) in [5, 5.41) is 9.71. The molecular weight excluding hydrogens is 358 g/mol. The smallest absolute Gasteiger partial charge is 0.143 e. The first-order chi connectivity index (χ1) is 8.66. The third-order valence-electron chi connectivity index (χ3n) is 3.43. The van der Waals surface area contributed by atoms with E-state index in [9.17, 15) is 5.11 Å². The largest absolute Gasteiger partial charge is 0.506 e. The molecule has 1 aromatic rings. The Morgan fingerprint density at radius 2 is 1.44 bits per heavy atom. The van der Waals surface area contributed by atoms with E-state index in [1.165, 1.54) is 50.8 Å². The minimum atomic E-state index is 0.284. The van der Waals surface area contributed by atoms with Crippen molar-refractivity contribution < 1.29 is 5.11 Å². The van der Waals surface area contributed by atoms with E-state index in [4.69, 9.17) is 0 Å². The fourth-order valence-electron chi connectivity index (χ4n) is 2.44. The number of aromatic hydroxyl groups is 1. The van der Waals surface area contributed by atoms with E-state index in [1.54, 1.807) is 0 Å². The zero-order valence-corrected chi connectivity index (χ0v) is 13.6. The summed E-state index contributed by atoms with van der Waals surface area (Å²) in [4.78, 5) is 2.52. The first kappa shape index (κ1) is 14.4. The highest BCUT2D eigenvalue weighted by Gasteiger charge is 2.11. The highest BCUT2D eigenvalue weighted by Crippen LogP contribution is 2.33. The fraction of sp³-hybridized carbons (Fsp3) is 0.571. The zero-order valence-electron chi connectivity index (χ0n) is 10.5. The van der Waals surface area contributed by atoms with Crippen LogP contribution in [0.3, 0.4) is 0 Å². The maximum absolute atomic E-state index is 9.71. The SMILES string of the molecule is Oc1c(Br)cc(CN2CCCCCCC2)cc1Br. The van der Waals surface area contributed by atoms with Crippen molar-refractivity contribution in [1.82, 2.24) is 4.90 Å². The second-order valence-corrected chi connectivity index (χ2v) is 6.66. The molecule has 0 radical (unpaired) electrons. The molecule has 18 heavy (non-hydrogen) atoms. The molecule has 0 spiro atoms. The van der Waals surface area contributed by atoms with Crippen molar-refractivity contribution in [3.05, 3.63) is 26.6 Å². The van der Waals surface area contributed by atoms with Gasteiger partial charge in [0.05, 0.1) is 8.95 Å². The lowest BCUT2D eigenvalue weighted by atomic mass is 10.1. The maximum Gasteiger partial charge on any atom is 0.143 e. The molecule has 2 nitrogen and oxygen atoms in total. The molecule has 1 fully saturated rings. The molecule has 1 saturated heterocycles. The second kappa shape index (κ2) is 6.92. The van der Waals surface area contributed by atoms with Crippen LogP contribution in [-0.4, -0.2) is 23.1 Å². The van der Waals surface area contributed by atoms with Crippen molar-refractivity contribution in [3.63, 3.8) is 0 Å². The summed E-state index contributed by atoms with van der Waals surface area (Å²) in [6, 6.07) is 4.03. The minimum absolute atomic E-state index is 0.284. The number of likely N-dealkylation sites (tertiary alicyclic amines) is 1. The van der Waals surface area contributed by atoms with Crippen LogP contribution in [0, 0.1) is 0 Å². The van der Waals surface area contributed by atoms with Crippen LogP contribution in [0.25, 0.3) is 0 Å². The van der Waals surface area contributed by atoms with E-state index in [1.807, 2.05) is 12.1 Å². The predicted octanol–water partition coefficient (Wildman–Crippen LogP) is 4.68. The summed E-state index contributed by atoms with van der Waals surface area (Å²) < 4.78 is 1.53. The number of benzene rings is 1. The number of phenolic OH excluding ortho intramolecular Hbond substituents is 1. The van der Waals surface area contributed by atoms with E-state index in [0.717, 1.165) is 15.5 Å². The molecule has 1 aliphatic rings. The average Bonchev–Trinajstić information content (AvgIpc) is 2.29. The van der Waals surface area contributed by atoms with Gasteiger partial charge in [-0.15, -0.1) is 0 Å². The highest BCUT2D eigenvalue weighted by atomic mass is 79.9. The number of rotatable bonds is 2. The fourth-order valence-corrected chi connectivity index (χ4v) is 3.72. The zero-order chi connectivity index (χ0) is 13.0. The molecule has 0 unspecified atom stereocenters. The van der Waals surface area contributed by atoms with Gasteiger partial charge in [0.1, 0.15) is 5.75 Å². The second-order valence-electron chi connectivity index (χ2n) is 4.95. The molecule has 1 heterocycles. The topological polar surface area (TPSA) is 23.5 Å². The number of halogens is 2. The van der Waals surface area contributed by atoms with Crippen LogP contribution in [0.4, 0.5) is 0 Å². The summed E-state index contributed by atoms with van der Waals surface area (Å²) in [6.45, 7) is 3.35. The van der Waals surface area contributed by atoms with E-state index in [2.05, 4.69) is 36.8 Å². The van der Waals surface area contributed by atoms with Gasteiger partial charge in [-0.1, -0.05) is 19.3 Å². The van der Waals surface area contributed by atoms with Crippen molar-refractivity contribution in [1.29, 1.82) is 0 Å². The van der Waals surface area contributed by atoms with Gasteiger partial charge in [0, 0.05) is 6.54 Å². The Hall–Kier alpha value is -0.0600. The summed E-state index contributed by atoms with van der Waals surface area (Å²) in [5.41, 5.74) is 1.24. The third-order valence-corrected chi connectivity index (χ3v) is 4.64. The van der Waals surface area contributed by atoms with Gasteiger partial charge in [-0.3, -0.25) is 4.90 Å². The monoisotopic (exact) mass is 375 g/mol. The lowest BCUT2D eigenvalue weighted by Gasteiger charge is -2.24. The molecule has 4 heteroatoms. The van der Waals surface area contributed by atoms with Crippen LogP contribution in [-0.2, 0) is 6.54 Å². The van der Waals surface area contributed by atoms with Gasteiger partial charge in [-0.25, -0.2) is 0 Å². The molecule has 0 atom stereocenters. The van der Waals surface area contributed by atoms with Crippen LogP contribution in [0.1, 0.15) is 37.7 Å². The molecule has 0 aromatic heterocycles. The van der Waals surface area contributed by atoms with Crippen LogP contribution < -0.4 is 0 Å². The molecule has 0 saturated carbocycles. The van der Waals surface area contributed by atoms with E-state index >= 15 is 0 Å². The quantitative estimate of drug-likeness (QED) is 0.809. The lowest BCUT2D eigenvalue weighted by Crippen LogP contribution is -2.26. The highest BCUT2D eigenvalue weighted by molar-refractivity contribution is 9.11. The van der Waals surface area contributed by atoms with E-state index < -0.39 is 0 Å². The lowest BCUT2D eigenvalue weighted by molar-refractivity contribution is 0.239. The Labute approximate surface area is 126 Å². The van der Waals surface area contributed by atoms with Crippen LogP contribution in [0.2, 0.25) is 0 Å². The van der Waals surface area contributed by atoms with Gasteiger partial charge in [0.2, 0.25) is 0 Å². The van der Waals surface area contributed by atoms with Crippen molar-refractivity contribution in [3.8, 4) is 5.75 Å². The van der Waals surface area contributed by atoms with Gasteiger partial charge in [-0.05, 0) is 75.5 Å². The standard InChI is InChI=1S/C14H19Br2NO/c15-12-8-11(9-13(16)14(12)18)10-17-6-4-2-1-3-5-7-17/h8-9,18H,1-7,10H2. The summed E-state index contributed by atoms with van der Waals surface area (Å²) in [7, 11) is 0. The Bertz CT molecular complexity index is 378. The first-order valence-corrected chi connectivity index (χ1v) is 8.14. The average molecular weight is 377 g/mol.